The van der Waals surface area contributed by atoms with Crippen molar-refractivity contribution in [2.24, 2.45) is 0 Å². The van der Waals surface area contributed by atoms with Crippen LogP contribution in [0.1, 0.15) is 42.9 Å². The third-order valence-electron chi connectivity index (χ3n) is 6.07. The van der Waals surface area contributed by atoms with Crippen LogP contribution in [0, 0.1) is 20.8 Å². The van der Waals surface area contributed by atoms with Crippen LogP contribution in [0.4, 0.5) is 0 Å². The van der Waals surface area contributed by atoms with Gasteiger partial charge >= 0.3 is 0 Å². The number of unbranched alkanes of at least 4 members (excludes halogenated alkanes) is 1. The Morgan fingerprint density at radius 2 is 0.900 bits per heavy atom. The fourth-order valence-corrected chi connectivity index (χ4v) is 6.80. The minimum atomic E-state index is -4.46. The van der Waals surface area contributed by atoms with E-state index in [1.807, 2.05) is 6.92 Å². The first-order chi connectivity index (χ1) is 18.7. The first-order valence-corrected chi connectivity index (χ1v) is 16.9. The molecule has 0 aliphatic heterocycles. The van der Waals surface area contributed by atoms with Crippen molar-refractivity contribution in [1.82, 2.24) is 0 Å². The van der Waals surface area contributed by atoms with Crippen LogP contribution >= 0.6 is 0 Å². The van der Waals surface area contributed by atoms with Gasteiger partial charge in [0.15, 0.2) is 0 Å². The van der Waals surface area contributed by atoms with Crippen molar-refractivity contribution in [1.29, 1.82) is 0 Å². The lowest BCUT2D eigenvalue weighted by molar-refractivity contribution is 0.0262. The maximum Gasteiger partial charge on any atom is 0.297 e. The Morgan fingerprint density at radius 3 is 1.27 bits per heavy atom. The fourth-order valence-electron chi connectivity index (χ4n) is 3.67. The minimum Gasteiger partial charge on any atom is -0.263 e. The fraction of sp³-hybridized carbons (Fsp3) is 0.357. The van der Waals surface area contributed by atoms with E-state index in [0.29, 0.717) is 12.8 Å². The molecule has 0 aliphatic carbocycles. The van der Waals surface area contributed by atoms with Crippen molar-refractivity contribution in [3.8, 4) is 0 Å². The summed E-state index contributed by atoms with van der Waals surface area (Å²) < 4.78 is 94.8. The summed E-state index contributed by atoms with van der Waals surface area (Å²) in [6.07, 6.45) is -1.85. The third kappa shape index (κ3) is 8.69. The zero-order valence-corrected chi connectivity index (χ0v) is 25.3. The van der Waals surface area contributed by atoms with Gasteiger partial charge in [0.25, 0.3) is 30.4 Å². The molecule has 0 amide bonds. The molecule has 0 bridgehead atoms. The van der Waals surface area contributed by atoms with Crippen LogP contribution in [0.15, 0.2) is 87.5 Å². The molecule has 40 heavy (non-hydrogen) atoms. The normalized spacial score (nSPS) is 14.1. The summed E-state index contributed by atoms with van der Waals surface area (Å²) in [6, 6.07) is 17.7. The standard InChI is InChI=1S/C28H34O9S3/c1-5-6-7-27(36-39(31,32)25-16-10-22(3)11-17-25)28(37-40(33,34)26-18-12-23(4)13-19-26)20-35-38(29,30)24-14-8-21(2)9-15-24/h8-19,27-28H,5-7,20H2,1-4H3. The highest BCUT2D eigenvalue weighted by molar-refractivity contribution is 7.87. The van der Waals surface area contributed by atoms with Crippen LogP contribution in [-0.4, -0.2) is 44.1 Å². The van der Waals surface area contributed by atoms with Crippen LogP contribution in [0.3, 0.4) is 0 Å². The van der Waals surface area contributed by atoms with Gasteiger partial charge in [0.1, 0.15) is 12.2 Å². The van der Waals surface area contributed by atoms with E-state index in [1.54, 1.807) is 57.2 Å². The van der Waals surface area contributed by atoms with Gasteiger partial charge < -0.3 is 0 Å². The Balaban J connectivity index is 1.98. The summed E-state index contributed by atoms with van der Waals surface area (Å²) in [5.41, 5.74) is 2.48. The molecule has 218 valence electrons. The topological polar surface area (TPSA) is 130 Å². The molecule has 12 heteroatoms. The zero-order chi connectivity index (χ0) is 29.6. The summed E-state index contributed by atoms with van der Waals surface area (Å²) in [5, 5.41) is 0. The number of rotatable bonds is 14. The Labute approximate surface area is 237 Å². The van der Waals surface area contributed by atoms with Crippen LogP contribution in [-0.2, 0) is 42.9 Å². The van der Waals surface area contributed by atoms with Gasteiger partial charge in [-0.15, -0.1) is 0 Å². The van der Waals surface area contributed by atoms with Crippen molar-refractivity contribution in [2.75, 3.05) is 6.61 Å². The maximum atomic E-state index is 13.2. The molecule has 0 aromatic heterocycles. The summed E-state index contributed by atoms with van der Waals surface area (Å²) in [7, 11) is -13.2. The first kappa shape index (κ1) is 31.9. The van der Waals surface area contributed by atoms with E-state index in [9.17, 15) is 25.3 Å². The molecule has 0 spiro atoms. The largest absolute Gasteiger partial charge is 0.297 e. The molecule has 3 rings (SSSR count). The monoisotopic (exact) mass is 610 g/mol. The number of aryl methyl sites for hydroxylation is 3. The van der Waals surface area contributed by atoms with Crippen molar-refractivity contribution < 1.29 is 37.8 Å². The Bertz CT molecular complexity index is 1580. The average Bonchev–Trinajstić information content (AvgIpc) is 2.89. The summed E-state index contributed by atoms with van der Waals surface area (Å²) in [4.78, 5) is -0.454. The summed E-state index contributed by atoms with van der Waals surface area (Å²) in [6.45, 7) is 6.43. The Hall–Kier alpha value is -2.61. The van der Waals surface area contributed by atoms with E-state index < -0.39 is 49.2 Å². The van der Waals surface area contributed by atoms with Gasteiger partial charge in [0.2, 0.25) is 0 Å². The van der Waals surface area contributed by atoms with Gasteiger partial charge in [-0.05, 0) is 63.6 Å². The van der Waals surface area contributed by atoms with Crippen LogP contribution in [0.2, 0.25) is 0 Å². The van der Waals surface area contributed by atoms with E-state index in [2.05, 4.69) is 0 Å². The van der Waals surface area contributed by atoms with Crippen LogP contribution < -0.4 is 0 Å². The van der Waals surface area contributed by atoms with Gasteiger partial charge in [0, 0.05) is 0 Å². The maximum absolute atomic E-state index is 13.2. The Morgan fingerprint density at radius 1 is 0.550 bits per heavy atom. The number of hydrogen-bond acceptors (Lipinski definition) is 9. The van der Waals surface area contributed by atoms with Crippen LogP contribution in [0.25, 0.3) is 0 Å². The smallest absolute Gasteiger partial charge is 0.263 e. The minimum absolute atomic E-state index is 0.0591. The first-order valence-electron chi connectivity index (χ1n) is 12.7. The predicted molar refractivity (Wildman–Crippen MR) is 150 cm³/mol. The molecule has 0 aliphatic rings. The molecule has 3 aromatic carbocycles. The lowest BCUT2D eigenvalue weighted by Crippen LogP contribution is -2.39. The van der Waals surface area contributed by atoms with Gasteiger partial charge in [-0.25, -0.2) is 0 Å². The van der Waals surface area contributed by atoms with Gasteiger partial charge in [-0.3, -0.25) is 12.5 Å². The van der Waals surface area contributed by atoms with Crippen molar-refractivity contribution >= 4 is 30.4 Å². The van der Waals surface area contributed by atoms with Crippen molar-refractivity contribution in [3.63, 3.8) is 0 Å². The second kappa shape index (κ2) is 13.4. The van der Waals surface area contributed by atoms with E-state index >= 15 is 0 Å². The number of hydrogen-bond donors (Lipinski definition) is 0. The molecule has 3 aromatic rings. The molecule has 0 saturated heterocycles. The molecule has 2 unspecified atom stereocenters. The summed E-state index contributed by atoms with van der Waals surface area (Å²) in [5.74, 6) is 0. The zero-order valence-electron chi connectivity index (χ0n) is 22.8. The highest BCUT2D eigenvalue weighted by atomic mass is 32.2. The van der Waals surface area contributed by atoms with E-state index in [-0.39, 0.29) is 21.1 Å². The van der Waals surface area contributed by atoms with Gasteiger partial charge in [0.05, 0.1) is 21.3 Å². The molecule has 0 N–H and O–H groups in total. The second-order valence-corrected chi connectivity index (χ2v) is 14.3. The molecule has 9 nitrogen and oxygen atoms in total. The van der Waals surface area contributed by atoms with Gasteiger partial charge in [-0.1, -0.05) is 72.9 Å². The molecular formula is C28H34O9S3. The van der Waals surface area contributed by atoms with E-state index in [0.717, 1.165) is 16.7 Å². The lowest BCUT2D eigenvalue weighted by atomic mass is 10.1. The van der Waals surface area contributed by atoms with Crippen molar-refractivity contribution in [3.05, 3.63) is 89.5 Å². The highest BCUT2D eigenvalue weighted by Gasteiger charge is 2.35. The molecule has 0 heterocycles. The Kier molecular flexibility index (Phi) is 10.7. The van der Waals surface area contributed by atoms with E-state index in [1.165, 1.54) is 36.4 Å². The second-order valence-electron chi connectivity index (χ2n) is 9.50. The average molecular weight is 611 g/mol. The van der Waals surface area contributed by atoms with E-state index in [4.69, 9.17) is 12.5 Å². The highest BCUT2D eigenvalue weighted by Crippen LogP contribution is 2.25. The molecule has 0 saturated carbocycles. The molecule has 0 fully saturated rings. The van der Waals surface area contributed by atoms with Gasteiger partial charge in [-0.2, -0.15) is 25.3 Å². The van der Waals surface area contributed by atoms with Crippen molar-refractivity contribution in [2.45, 2.75) is 73.9 Å². The van der Waals surface area contributed by atoms with Crippen LogP contribution in [0.5, 0.6) is 0 Å². The number of benzene rings is 3. The lowest BCUT2D eigenvalue weighted by Gasteiger charge is -2.26. The molecule has 0 radical (unpaired) electrons. The predicted octanol–water partition coefficient (Wildman–Crippen LogP) is 5.06. The quantitative estimate of drug-likeness (QED) is 0.230. The third-order valence-corrected chi connectivity index (χ3v) is 10.1. The molecule has 2 atom stereocenters. The molecular weight excluding hydrogens is 577 g/mol. The SMILES string of the molecule is CCCCC(OS(=O)(=O)c1ccc(C)cc1)C(COS(=O)(=O)c1ccc(C)cc1)OS(=O)(=O)c1ccc(C)cc1. The summed E-state index contributed by atoms with van der Waals surface area (Å²) >= 11 is 0.